The number of likely N-dealkylation sites (tertiary alicyclic amines) is 1. The van der Waals surface area contributed by atoms with Crippen LogP contribution >= 0.6 is 0 Å². The lowest BCUT2D eigenvalue weighted by molar-refractivity contribution is -0.160. The molecule has 1 aromatic carbocycles. The maximum Gasteiger partial charge on any atom is 0.396 e. The molecule has 0 spiro atoms. The molecule has 3 aliphatic rings. The van der Waals surface area contributed by atoms with E-state index in [0.29, 0.717) is 22.9 Å². The van der Waals surface area contributed by atoms with Crippen molar-refractivity contribution in [2.24, 2.45) is 0 Å². The van der Waals surface area contributed by atoms with Crippen molar-refractivity contribution in [3.05, 3.63) is 36.2 Å². The third-order valence-corrected chi connectivity index (χ3v) is 6.01. The SMILES string of the molecule is COC(=O)C(=O)N1C[C@H]2CC1C1C(=O)N(c3cnc(C#N)c4ccccc34)C(=O)N12. The number of aromatic nitrogens is 1. The first-order chi connectivity index (χ1) is 14.5. The van der Waals surface area contributed by atoms with Crippen LogP contribution in [0.4, 0.5) is 10.5 Å². The lowest BCUT2D eigenvalue weighted by Crippen LogP contribution is -2.56. The molecule has 4 heterocycles. The molecule has 30 heavy (non-hydrogen) atoms. The number of piperazine rings is 1. The Morgan fingerprint density at radius 1 is 1.23 bits per heavy atom. The molecule has 0 aliphatic carbocycles. The van der Waals surface area contributed by atoms with Crippen molar-refractivity contribution in [3.63, 3.8) is 0 Å². The number of benzene rings is 1. The predicted octanol–water partition coefficient (Wildman–Crippen LogP) is 0.400. The van der Waals surface area contributed by atoms with Gasteiger partial charge in [-0.1, -0.05) is 24.3 Å². The van der Waals surface area contributed by atoms with Crippen LogP contribution in [0.1, 0.15) is 12.1 Å². The fraction of sp³-hybridized carbons (Fsp3) is 0.300. The number of hydrogen-bond acceptors (Lipinski definition) is 7. The zero-order valence-electron chi connectivity index (χ0n) is 15.8. The minimum atomic E-state index is -0.995. The average molecular weight is 405 g/mol. The van der Waals surface area contributed by atoms with Crippen LogP contribution in [0.25, 0.3) is 10.8 Å². The highest BCUT2D eigenvalue weighted by molar-refractivity contribution is 6.33. The zero-order chi connectivity index (χ0) is 21.2. The van der Waals surface area contributed by atoms with E-state index in [2.05, 4.69) is 9.72 Å². The summed E-state index contributed by atoms with van der Waals surface area (Å²) in [7, 11) is 1.12. The normalized spacial score (nSPS) is 24.4. The molecule has 3 aliphatic heterocycles. The Labute approximate surface area is 170 Å². The number of ether oxygens (including phenoxy) is 1. The molecule has 1 aromatic heterocycles. The molecule has 0 radical (unpaired) electrons. The quantitative estimate of drug-likeness (QED) is 0.382. The summed E-state index contributed by atoms with van der Waals surface area (Å²) in [5.74, 6) is -2.29. The molecule has 0 saturated carbocycles. The second-order valence-electron chi connectivity index (χ2n) is 7.36. The summed E-state index contributed by atoms with van der Waals surface area (Å²) in [6.45, 7) is 0.175. The third kappa shape index (κ3) is 2.20. The topological polar surface area (TPSA) is 124 Å². The molecule has 10 heteroatoms. The maximum atomic E-state index is 13.3. The molecule has 2 aromatic rings. The van der Waals surface area contributed by atoms with Crippen LogP contribution in [0.5, 0.6) is 0 Å². The summed E-state index contributed by atoms with van der Waals surface area (Å²) in [5.41, 5.74) is 0.489. The van der Waals surface area contributed by atoms with E-state index in [-0.39, 0.29) is 18.3 Å². The van der Waals surface area contributed by atoms with Gasteiger partial charge >= 0.3 is 17.9 Å². The van der Waals surface area contributed by atoms with E-state index in [1.54, 1.807) is 24.3 Å². The fourth-order valence-corrected chi connectivity index (χ4v) is 4.76. The lowest BCUT2D eigenvalue weighted by Gasteiger charge is -2.34. The molecule has 3 fully saturated rings. The van der Waals surface area contributed by atoms with E-state index in [1.165, 1.54) is 16.0 Å². The summed E-state index contributed by atoms with van der Waals surface area (Å²) in [5, 5.41) is 10.4. The molecule has 0 N–H and O–H groups in total. The third-order valence-electron chi connectivity index (χ3n) is 6.01. The van der Waals surface area contributed by atoms with Gasteiger partial charge in [-0.25, -0.2) is 19.5 Å². The number of pyridine rings is 1. The Morgan fingerprint density at radius 3 is 2.67 bits per heavy atom. The second kappa shape index (κ2) is 6.25. The number of fused-ring (bicyclic) bond motifs is 6. The number of nitriles is 1. The van der Waals surface area contributed by atoms with Gasteiger partial charge < -0.3 is 14.5 Å². The highest BCUT2D eigenvalue weighted by Gasteiger charge is 2.63. The van der Waals surface area contributed by atoms with Crippen LogP contribution in [-0.4, -0.2) is 70.4 Å². The van der Waals surface area contributed by atoms with Crippen molar-refractivity contribution in [1.82, 2.24) is 14.8 Å². The van der Waals surface area contributed by atoms with Crippen molar-refractivity contribution in [2.45, 2.75) is 24.5 Å². The highest BCUT2D eigenvalue weighted by Crippen LogP contribution is 2.43. The molecular formula is C20H15N5O5. The number of rotatable bonds is 1. The first-order valence-corrected chi connectivity index (χ1v) is 9.31. The molecule has 4 amide bonds. The van der Waals surface area contributed by atoms with Crippen LogP contribution < -0.4 is 4.90 Å². The zero-order valence-corrected chi connectivity index (χ0v) is 15.8. The number of anilines is 1. The Bertz CT molecular complexity index is 1190. The van der Waals surface area contributed by atoms with Crippen LogP contribution in [-0.2, 0) is 19.1 Å². The van der Waals surface area contributed by atoms with Crippen molar-refractivity contribution in [2.75, 3.05) is 18.6 Å². The first kappa shape index (κ1) is 18.1. The van der Waals surface area contributed by atoms with Gasteiger partial charge in [0.25, 0.3) is 5.91 Å². The summed E-state index contributed by atoms with van der Waals surface area (Å²) in [6, 6.07) is 6.65. The molecule has 5 rings (SSSR count). The molecular weight excluding hydrogens is 390 g/mol. The average Bonchev–Trinajstić information content (AvgIpc) is 3.43. The first-order valence-electron chi connectivity index (χ1n) is 9.31. The number of imide groups is 1. The molecule has 150 valence electrons. The molecule has 3 atom stereocenters. The summed E-state index contributed by atoms with van der Waals surface area (Å²) < 4.78 is 4.51. The number of nitrogens with zero attached hydrogens (tertiary/aromatic N) is 5. The van der Waals surface area contributed by atoms with Crippen molar-refractivity contribution < 1.29 is 23.9 Å². The Balaban J connectivity index is 1.55. The van der Waals surface area contributed by atoms with Gasteiger partial charge in [-0.15, -0.1) is 0 Å². The van der Waals surface area contributed by atoms with Gasteiger partial charge in [0.15, 0.2) is 0 Å². The van der Waals surface area contributed by atoms with E-state index in [1.807, 2.05) is 6.07 Å². The van der Waals surface area contributed by atoms with Crippen molar-refractivity contribution >= 4 is 40.3 Å². The Morgan fingerprint density at radius 2 is 1.97 bits per heavy atom. The number of carbonyl (C=O) groups is 4. The maximum absolute atomic E-state index is 13.3. The van der Waals surface area contributed by atoms with Crippen LogP contribution in [0.15, 0.2) is 30.5 Å². The van der Waals surface area contributed by atoms with E-state index >= 15 is 0 Å². The van der Waals surface area contributed by atoms with Crippen LogP contribution in [0.3, 0.4) is 0 Å². The van der Waals surface area contributed by atoms with E-state index in [0.717, 1.165) is 12.0 Å². The van der Waals surface area contributed by atoms with Crippen molar-refractivity contribution in [1.29, 1.82) is 5.26 Å². The second-order valence-corrected chi connectivity index (χ2v) is 7.36. The van der Waals surface area contributed by atoms with Crippen LogP contribution in [0, 0.1) is 11.3 Å². The lowest BCUT2D eigenvalue weighted by atomic mass is 10.1. The Kier molecular flexibility index (Phi) is 3.76. The van der Waals surface area contributed by atoms with E-state index in [4.69, 9.17) is 0 Å². The van der Waals surface area contributed by atoms with Crippen molar-refractivity contribution in [3.8, 4) is 6.07 Å². The number of esters is 1. The van der Waals surface area contributed by atoms with Gasteiger partial charge in [-0.2, -0.15) is 5.26 Å². The number of urea groups is 1. The number of carbonyl (C=O) groups excluding carboxylic acids is 4. The van der Waals surface area contributed by atoms with Gasteiger partial charge in [0.05, 0.1) is 31.1 Å². The molecule has 2 unspecified atom stereocenters. The van der Waals surface area contributed by atoms with E-state index < -0.39 is 35.9 Å². The molecule has 10 nitrogen and oxygen atoms in total. The van der Waals surface area contributed by atoms with Gasteiger partial charge in [0, 0.05) is 17.3 Å². The molecule has 3 saturated heterocycles. The molecule has 2 bridgehead atoms. The predicted molar refractivity (Wildman–Crippen MR) is 101 cm³/mol. The Hall–Kier alpha value is -4.00. The summed E-state index contributed by atoms with van der Waals surface area (Å²) in [4.78, 5) is 58.5. The number of hydrogen-bond donors (Lipinski definition) is 0. The number of methoxy groups -OCH3 is 1. The van der Waals surface area contributed by atoms with Gasteiger partial charge in [-0.05, 0) is 6.42 Å². The summed E-state index contributed by atoms with van der Waals surface area (Å²) in [6.07, 6.45) is 1.78. The minimum absolute atomic E-state index is 0.175. The van der Waals surface area contributed by atoms with Gasteiger partial charge in [-0.3, -0.25) is 9.59 Å². The van der Waals surface area contributed by atoms with Crippen LogP contribution in [0.2, 0.25) is 0 Å². The highest BCUT2D eigenvalue weighted by atomic mass is 16.5. The minimum Gasteiger partial charge on any atom is -0.462 e. The summed E-state index contributed by atoms with van der Waals surface area (Å²) >= 11 is 0. The van der Waals surface area contributed by atoms with Gasteiger partial charge in [0.2, 0.25) is 0 Å². The monoisotopic (exact) mass is 405 g/mol. The van der Waals surface area contributed by atoms with E-state index in [9.17, 15) is 24.4 Å². The van der Waals surface area contributed by atoms with Gasteiger partial charge in [0.1, 0.15) is 17.8 Å². The standard InChI is InChI=1S/C20H15N5O5/c1-30-19(28)18(27)23-9-10-6-14(23)16-17(26)25(20(29)24(10)16)15-8-22-13(7-21)11-4-2-3-5-12(11)15/h2-5,8,10,14,16H,6,9H2,1H3/t10-,14?,16?/m1/s1. The smallest absolute Gasteiger partial charge is 0.396 e. The largest absolute Gasteiger partial charge is 0.462 e. The fourth-order valence-electron chi connectivity index (χ4n) is 4.76. The number of amides is 4.